The molecule has 1 N–H and O–H groups in total. The molecule has 0 unspecified atom stereocenters. The van der Waals surface area contributed by atoms with Gasteiger partial charge in [0.05, 0.1) is 22.6 Å². The third-order valence-electron chi connectivity index (χ3n) is 3.84. The first-order valence-electron chi connectivity index (χ1n) is 8.02. The fraction of sp³-hybridized carbons (Fsp3) is 0.444. The Balaban J connectivity index is 2.30. The van der Waals surface area contributed by atoms with Crippen molar-refractivity contribution in [3.05, 3.63) is 46.8 Å². The number of hydrogen-bond acceptors (Lipinski definition) is 3. The first kappa shape index (κ1) is 17.2. The summed E-state index contributed by atoms with van der Waals surface area (Å²) < 4.78 is 1.88. The summed E-state index contributed by atoms with van der Waals surface area (Å²) in [6.45, 7) is 7.45. The molecule has 2 aromatic rings. The molecule has 1 amide bonds. The van der Waals surface area contributed by atoms with Crippen LogP contribution in [0.15, 0.2) is 24.3 Å². The average molecular weight is 314 g/mol. The number of aromatic nitrogens is 2. The maximum Gasteiger partial charge on any atom is 0.255 e. The van der Waals surface area contributed by atoms with E-state index in [2.05, 4.69) is 36.4 Å². The monoisotopic (exact) mass is 314 g/mol. The molecule has 1 heterocycles. The minimum Gasteiger partial charge on any atom is -0.351 e. The van der Waals surface area contributed by atoms with Gasteiger partial charge in [0.25, 0.3) is 5.91 Å². The Bertz CT molecular complexity index is 671. The van der Waals surface area contributed by atoms with E-state index in [1.165, 1.54) is 5.56 Å². The highest BCUT2D eigenvalue weighted by molar-refractivity contribution is 5.96. The van der Waals surface area contributed by atoms with Crippen LogP contribution < -0.4 is 5.32 Å². The fourth-order valence-corrected chi connectivity index (χ4v) is 2.58. The Morgan fingerprint density at radius 2 is 1.87 bits per heavy atom. The molecule has 1 aromatic carbocycles. The van der Waals surface area contributed by atoms with Crippen molar-refractivity contribution >= 4 is 5.91 Å². The van der Waals surface area contributed by atoms with Crippen LogP contribution in [0.1, 0.15) is 34.2 Å². The van der Waals surface area contributed by atoms with Crippen molar-refractivity contribution in [1.29, 1.82) is 0 Å². The van der Waals surface area contributed by atoms with Crippen LogP contribution in [0.4, 0.5) is 0 Å². The number of carbonyl (C=O) groups excluding carboxylic acids is 1. The van der Waals surface area contributed by atoms with E-state index in [4.69, 9.17) is 0 Å². The number of benzene rings is 1. The van der Waals surface area contributed by atoms with Gasteiger partial charge in [-0.15, -0.1) is 0 Å². The van der Waals surface area contributed by atoms with E-state index in [9.17, 15) is 4.79 Å². The van der Waals surface area contributed by atoms with Gasteiger partial charge in [-0.2, -0.15) is 5.10 Å². The van der Waals surface area contributed by atoms with Crippen LogP contribution in [0.3, 0.4) is 0 Å². The summed E-state index contributed by atoms with van der Waals surface area (Å²) in [7, 11) is 3.98. The highest BCUT2D eigenvalue weighted by Crippen LogP contribution is 2.19. The van der Waals surface area contributed by atoms with E-state index in [0.29, 0.717) is 12.1 Å². The molecule has 0 fully saturated rings. The van der Waals surface area contributed by atoms with Gasteiger partial charge in [0, 0.05) is 13.1 Å². The molecule has 0 atom stereocenters. The predicted octanol–water partition coefficient (Wildman–Crippen LogP) is 2.34. The molecule has 23 heavy (non-hydrogen) atoms. The summed E-state index contributed by atoms with van der Waals surface area (Å²) in [5.41, 5.74) is 4.62. The summed E-state index contributed by atoms with van der Waals surface area (Å²) in [4.78, 5) is 14.6. The van der Waals surface area contributed by atoms with Gasteiger partial charge in [-0.05, 0) is 46.5 Å². The van der Waals surface area contributed by atoms with E-state index < -0.39 is 0 Å². The summed E-state index contributed by atoms with van der Waals surface area (Å²) >= 11 is 0. The quantitative estimate of drug-likeness (QED) is 0.890. The zero-order valence-corrected chi connectivity index (χ0v) is 14.7. The molecule has 0 saturated carbocycles. The molecule has 124 valence electrons. The SMILES string of the molecule is CCc1c(C(=O)NCCN(C)C)c(C)nn1-c1ccc(C)cc1. The smallest absolute Gasteiger partial charge is 0.255 e. The molecular weight excluding hydrogens is 288 g/mol. The molecule has 5 nitrogen and oxygen atoms in total. The Morgan fingerprint density at radius 3 is 2.43 bits per heavy atom. The third-order valence-corrected chi connectivity index (χ3v) is 3.84. The van der Waals surface area contributed by atoms with Crippen molar-refractivity contribution in [3.8, 4) is 5.69 Å². The molecule has 5 heteroatoms. The van der Waals surface area contributed by atoms with E-state index in [1.54, 1.807) is 0 Å². The van der Waals surface area contributed by atoms with Crippen LogP contribution >= 0.6 is 0 Å². The van der Waals surface area contributed by atoms with Crippen LogP contribution in [0.2, 0.25) is 0 Å². The second-order valence-corrected chi connectivity index (χ2v) is 6.07. The van der Waals surface area contributed by atoms with Crippen molar-refractivity contribution in [2.24, 2.45) is 0 Å². The number of nitrogens with zero attached hydrogens (tertiary/aromatic N) is 3. The Morgan fingerprint density at radius 1 is 1.22 bits per heavy atom. The molecule has 0 spiro atoms. The summed E-state index contributed by atoms with van der Waals surface area (Å²) in [6, 6.07) is 8.19. The minimum atomic E-state index is -0.0421. The van der Waals surface area contributed by atoms with E-state index in [0.717, 1.165) is 30.0 Å². The highest BCUT2D eigenvalue weighted by Gasteiger charge is 2.20. The number of nitrogens with one attached hydrogen (secondary N) is 1. The Labute approximate surface area is 138 Å². The number of amides is 1. The van der Waals surface area contributed by atoms with Gasteiger partial charge in [-0.25, -0.2) is 4.68 Å². The lowest BCUT2D eigenvalue weighted by molar-refractivity contribution is 0.0949. The van der Waals surface area contributed by atoms with E-state index in [1.807, 2.05) is 42.7 Å². The zero-order valence-electron chi connectivity index (χ0n) is 14.7. The molecule has 0 aliphatic carbocycles. The maximum atomic E-state index is 12.5. The van der Waals surface area contributed by atoms with Gasteiger partial charge >= 0.3 is 0 Å². The number of hydrogen-bond donors (Lipinski definition) is 1. The summed E-state index contributed by atoms with van der Waals surface area (Å²) in [5.74, 6) is -0.0421. The first-order valence-corrected chi connectivity index (χ1v) is 8.02. The summed E-state index contributed by atoms with van der Waals surface area (Å²) in [5, 5.41) is 7.58. The standard InChI is InChI=1S/C18H26N4O/c1-6-16-17(18(23)19-11-12-21(4)5)14(3)20-22(16)15-9-7-13(2)8-10-15/h7-10H,6,11-12H2,1-5H3,(H,19,23). The van der Waals surface area contributed by atoms with Crippen LogP contribution in [0.25, 0.3) is 5.69 Å². The number of aryl methyl sites for hydroxylation is 2. The first-order chi connectivity index (χ1) is 10.9. The molecule has 0 bridgehead atoms. The second-order valence-electron chi connectivity index (χ2n) is 6.07. The molecule has 0 aliphatic heterocycles. The molecule has 1 aromatic heterocycles. The second kappa shape index (κ2) is 7.42. The van der Waals surface area contributed by atoms with E-state index in [-0.39, 0.29) is 5.91 Å². The average Bonchev–Trinajstić information content (AvgIpc) is 2.84. The third kappa shape index (κ3) is 3.99. The van der Waals surface area contributed by atoms with Crippen LogP contribution in [-0.2, 0) is 6.42 Å². The lowest BCUT2D eigenvalue weighted by Gasteiger charge is -2.11. The Hall–Kier alpha value is -2.14. The van der Waals surface area contributed by atoms with Gasteiger partial charge in [0.1, 0.15) is 0 Å². The molecule has 0 radical (unpaired) electrons. The van der Waals surface area contributed by atoms with Crippen LogP contribution in [0, 0.1) is 13.8 Å². The van der Waals surface area contributed by atoms with Crippen LogP contribution in [0.5, 0.6) is 0 Å². The number of carbonyl (C=O) groups is 1. The normalized spacial score (nSPS) is 11.0. The molecule has 2 rings (SSSR count). The number of rotatable bonds is 6. The summed E-state index contributed by atoms with van der Waals surface area (Å²) in [6.07, 6.45) is 0.755. The van der Waals surface area contributed by atoms with Crippen molar-refractivity contribution in [2.45, 2.75) is 27.2 Å². The van der Waals surface area contributed by atoms with E-state index >= 15 is 0 Å². The largest absolute Gasteiger partial charge is 0.351 e. The predicted molar refractivity (Wildman–Crippen MR) is 93.3 cm³/mol. The maximum absolute atomic E-state index is 12.5. The van der Waals surface area contributed by atoms with Crippen molar-refractivity contribution in [2.75, 3.05) is 27.2 Å². The Kier molecular flexibility index (Phi) is 5.55. The van der Waals surface area contributed by atoms with Gasteiger partial charge in [-0.3, -0.25) is 4.79 Å². The van der Waals surface area contributed by atoms with Gasteiger partial charge in [0.2, 0.25) is 0 Å². The van der Waals surface area contributed by atoms with Crippen LogP contribution in [-0.4, -0.2) is 47.8 Å². The fourth-order valence-electron chi connectivity index (χ4n) is 2.58. The van der Waals surface area contributed by atoms with Gasteiger partial charge < -0.3 is 10.2 Å². The highest BCUT2D eigenvalue weighted by atomic mass is 16.1. The van der Waals surface area contributed by atoms with Crippen molar-refractivity contribution in [3.63, 3.8) is 0 Å². The molecule has 0 saturated heterocycles. The topological polar surface area (TPSA) is 50.2 Å². The molecular formula is C18H26N4O. The lowest BCUT2D eigenvalue weighted by Crippen LogP contribution is -2.32. The number of likely N-dealkylation sites (N-methyl/N-ethyl adjacent to an activating group) is 1. The zero-order chi connectivity index (χ0) is 17.0. The van der Waals surface area contributed by atoms with Gasteiger partial charge in [0.15, 0.2) is 0 Å². The van der Waals surface area contributed by atoms with Crippen molar-refractivity contribution < 1.29 is 4.79 Å². The van der Waals surface area contributed by atoms with Crippen molar-refractivity contribution in [1.82, 2.24) is 20.0 Å². The molecule has 0 aliphatic rings. The minimum absolute atomic E-state index is 0.0421. The lowest BCUT2D eigenvalue weighted by atomic mass is 10.1. The van der Waals surface area contributed by atoms with Gasteiger partial charge in [-0.1, -0.05) is 24.6 Å².